The summed E-state index contributed by atoms with van der Waals surface area (Å²) in [5.74, 6) is 0. The van der Waals surface area contributed by atoms with Crippen LogP contribution >= 0.6 is 17.5 Å². The van der Waals surface area contributed by atoms with Crippen LogP contribution in [0.1, 0.15) is 64.2 Å². The summed E-state index contributed by atoms with van der Waals surface area (Å²) < 4.78 is 0. The summed E-state index contributed by atoms with van der Waals surface area (Å²) in [5.41, 5.74) is 3.12. The quantitative estimate of drug-likeness (QED) is 0.312. The molecule has 2 fully saturated rings. The van der Waals surface area contributed by atoms with Gasteiger partial charge in [-0.3, -0.25) is 0 Å². The van der Waals surface area contributed by atoms with Crippen LogP contribution in [0.2, 0.25) is 0 Å². The summed E-state index contributed by atoms with van der Waals surface area (Å²) >= 11 is 2.22. The van der Waals surface area contributed by atoms with E-state index in [0.29, 0.717) is 0 Å². The first-order valence-corrected chi connectivity index (χ1v) is 12.6. The van der Waals surface area contributed by atoms with Crippen molar-refractivity contribution in [2.45, 2.75) is 87.2 Å². The van der Waals surface area contributed by atoms with E-state index in [2.05, 4.69) is 58.9 Å². The van der Waals surface area contributed by atoms with Crippen LogP contribution < -0.4 is 0 Å². The first-order valence-electron chi connectivity index (χ1n) is 9.01. The molecule has 3 rings (SSSR count). The van der Waals surface area contributed by atoms with Crippen molar-refractivity contribution in [2.24, 2.45) is 0 Å². The van der Waals surface area contributed by atoms with Gasteiger partial charge in [0, 0.05) is 11.7 Å². The molecule has 0 saturated heterocycles. The van der Waals surface area contributed by atoms with Crippen molar-refractivity contribution in [3.63, 3.8) is 0 Å². The van der Waals surface area contributed by atoms with Crippen LogP contribution in [-0.4, -0.2) is 42.0 Å². The van der Waals surface area contributed by atoms with Crippen LogP contribution in [0.25, 0.3) is 0 Å². The fraction of sp³-hybridized carbons (Fsp3) is 0.889. The van der Waals surface area contributed by atoms with E-state index in [9.17, 15) is 0 Å². The van der Waals surface area contributed by atoms with Crippen LogP contribution in [0.15, 0.2) is 12.2 Å². The average molecular weight is 435 g/mol. The van der Waals surface area contributed by atoms with Gasteiger partial charge in [-0.05, 0) is 51.1 Å². The van der Waals surface area contributed by atoms with Crippen molar-refractivity contribution in [2.75, 3.05) is 14.1 Å². The summed E-state index contributed by atoms with van der Waals surface area (Å²) in [4.78, 5) is 2.46. The zero-order valence-corrected chi connectivity index (χ0v) is 17.3. The van der Waals surface area contributed by atoms with Crippen LogP contribution in [0, 0.1) is 0 Å². The number of nitrogens with zero attached hydrogens (tertiary/aromatic N) is 1. The SMILES string of the molecule is CN(C)C1C=CC1P(C1CCCCC1)C1CCCCC1.[Cl][Pd]. The Hall–Kier alpha value is 1.08. The predicted molar refractivity (Wildman–Crippen MR) is 96.9 cm³/mol. The Balaban J connectivity index is 0.000000847. The molecular weight excluding hydrogens is 403 g/mol. The maximum atomic E-state index is 4.49. The van der Waals surface area contributed by atoms with Gasteiger partial charge in [-0.2, -0.15) is 0 Å². The third-order valence-corrected chi connectivity index (χ3v) is 9.67. The number of halogens is 1. The minimum atomic E-state index is 0.228. The van der Waals surface area contributed by atoms with Gasteiger partial charge in [-0.1, -0.05) is 58.6 Å². The molecule has 0 spiro atoms. The topological polar surface area (TPSA) is 3.24 Å². The van der Waals surface area contributed by atoms with E-state index < -0.39 is 0 Å². The molecular formula is C18H32ClNPPd. The molecule has 2 saturated carbocycles. The van der Waals surface area contributed by atoms with Gasteiger partial charge in [0.15, 0.2) is 0 Å². The van der Waals surface area contributed by atoms with Crippen molar-refractivity contribution in [3.05, 3.63) is 12.2 Å². The minimum absolute atomic E-state index is 0.228. The van der Waals surface area contributed by atoms with E-state index in [1.165, 1.54) is 38.5 Å². The molecule has 4 heteroatoms. The summed E-state index contributed by atoms with van der Waals surface area (Å²) in [5, 5.41) is 0. The van der Waals surface area contributed by atoms with Gasteiger partial charge in [-0.25, -0.2) is 0 Å². The fourth-order valence-corrected chi connectivity index (χ4v) is 9.12. The monoisotopic (exact) mass is 434 g/mol. The van der Waals surface area contributed by atoms with E-state index in [-0.39, 0.29) is 7.92 Å². The van der Waals surface area contributed by atoms with Crippen LogP contribution in [0.5, 0.6) is 0 Å². The molecule has 1 nitrogen and oxygen atoms in total. The number of rotatable bonds is 4. The Morgan fingerprint density at radius 2 is 1.27 bits per heavy atom. The van der Waals surface area contributed by atoms with Crippen LogP contribution in [0.3, 0.4) is 0 Å². The first kappa shape index (κ1) is 19.4. The second-order valence-electron chi connectivity index (χ2n) is 7.36. The second kappa shape index (κ2) is 10.2. The Labute approximate surface area is 153 Å². The molecule has 3 aliphatic carbocycles. The van der Waals surface area contributed by atoms with Gasteiger partial charge in [0.05, 0.1) is 0 Å². The summed E-state index contributed by atoms with van der Waals surface area (Å²) in [6, 6.07) is 0.755. The Morgan fingerprint density at radius 3 is 1.59 bits per heavy atom. The fourth-order valence-electron chi connectivity index (χ4n) is 4.61. The van der Waals surface area contributed by atoms with Gasteiger partial charge in [0.1, 0.15) is 0 Å². The van der Waals surface area contributed by atoms with Crippen molar-refractivity contribution in [1.29, 1.82) is 0 Å². The van der Waals surface area contributed by atoms with E-state index in [1.807, 2.05) is 0 Å². The van der Waals surface area contributed by atoms with Gasteiger partial charge in [-0.15, -0.1) is 0 Å². The van der Waals surface area contributed by atoms with Crippen molar-refractivity contribution in [3.8, 4) is 0 Å². The molecule has 0 aromatic carbocycles. The van der Waals surface area contributed by atoms with Gasteiger partial charge in [0.25, 0.3) is 0 Å². The van der Waals surface area contributed by atoms with E-state index in [1.54, 1.807) is 25.7 Å². The zero-order valence-electron chi connectivity index (χ0n) is 14.1. The average Bonchev–Trinajstić information content (AvgIpc) is 2.54. The van der Waals surface area contributed by atoms with E-state index in [4.69, 9.17) is 0 Å². The Bertz CT molecular complexity index is 320. The van der Waals surface area contributed by atoms with Gasteiger partial charge < -0.3 is 4.90 Å². The summed E-state index contributed by atoms with van der Waals surface area (Å²) in [6.45, 7) is 0. The van der Waals surface area contributed by atoms with Gasteiger partial charge >= 0.3 is 27.7 Å². The zero-order chi connectivity index (χ0) is 15.9. The van der Waals surface area contributed by atoms with E-state index in [0.717, 1.165) is 23.0 Å². The molecule has 2 atom stereocenters. The standard InChI is InChI=1S/C18H32NP.ClH.Pd/c1-19(2)17-13-14-18(17)20(15-9-5-3-6-10-15)16-11-7-4-8-12-16;;/h13-18H,3-12H2,1-2H3;1H;/q;;+1/p-1. The maximum absolute atomic E-state index is 4.49. The third kappa shape index (κ3) is 4.80. The molecule has 0 aromatic rings. The third-order valence-electron chi connectivity index (χ3n) is 5.79. The number of hydrogen-bond acceptors (Lipinski definition) is 1. The van der Waals surface area contributed by atoms with Gasteiger partial charge in [0.2, 0.25) is 0 Å². The normalized spacial score (nSPS) is 30.1. The summed E-state index contributed by atoms with van der Waals surface area (Å²) in [7, 11) is 9.27. The Morgan fingerprint density at radius 1 is 0.818 bits per heavy atom. The van der Waals surface area contributed by atoms with E-state index >= 15 is 0 Å². The molecule has 0 bridgehead atoms. The molecule has 0 N–H and O–H groups in total. The van der Waals surface area contributed by atoms with Crippen molar-refractivity contribution < 1.29 is 18.2 Å². The molecule has 0 amide bonds. The first-order chi connectivity index (χ1) is 10.8. The number of hydrogen-bond donors (Lipinski definition) is 0. The second-order valence-corrected chi connectivity index (χ2v) is 10.3. The summed E-state index contributed by atoms with van der Waals surface area (Å²) in [6.07, 6.45) is 20.3. The number of likely N-dealkylation sites (N-methyl/N-ethyl adjacent to an activating group) is 1. The molecule has 3 aliphatic rings. The molecule has 0 radical (unpaired) electrons. The van der Waals surface area contributed by atoms with Crippen molar-refractivity contribution >= 4 is 17.5 Å². The Kier molecular flexibility index (Phi) is 8.96. The molecule has 22 heavy (non-hydrogen) atoms. The molecule has 0 aliphatic heterocycles. The van der Waals surface area contributed by atoms with Crippen LogP contribution in [-0.2, 0) is 18.2 Å². The van der Waals surface area contributed by atoms with Crippen LogP contribution in [0.4, 0.5) is 0 Å². The molecule has 2 unspecified atom stereocenters. The molecule has 0 heterocycles. The predicted octanol–water partition coefficient (Wildman–Crippen LogP) is 5.69. The van der Waals surface area contributed by atoms with Crippen molar-refractivity contribution in [1.82, 2.24) is 4.90 Å². The molecule has 0 aromatic heterocycles. The molecule has 131 valence electrons.